The van der Waals surface area contributed by atoms with Crippen molar-refractivity contribution in [2.75, 3.05) is 13.2 Å². The Kier molecular flexibility index (Phi) is 51.8. The van der Waals surface area contributed by atoms with Crippen LogP contribution in [0.4, 0.5) is 4.79 Å². The van der Waals surface area contributed by atoms with E-state index in [1.807, 2.05) is 13.8 Å². The van der Waals surface area contributed by atoms with Crippen molar-refractivity contribution >= 4 is 6.09 Å². The minimum Gasteiger partial charge on any atom is -0.450 e. The van der Waals surface area contributed by atoms with Gasteiger partial charge in [-0.25, -0.2) is 4.79 Å². The second kappa shape index (κ2) is 36.0. The van der Waals surface area contributed by atoms with Crippen LogP contribution in [0.15, 0.2) is 0 Å². The van der Waals surface area contributed by atoms with E-state index in [9.17, 15) is 4.79 Å². The number of primary amides is 1. The van der Waals surface area contributed by atoms with E-state index < -0.39 is 6.09 Å². The van der Waals surface area contributed by atoms with Crippen molar-refractivity contribution in [3.63, 3.8) is 0 Å². The van der Waals surface area contributed by atoms with Gasteiger partial charge in [-0.3, -0.25) is 0 Å². The van der Waals surface area contributed by atoms with Gasteiger partial charge in [0.15, 0.2) is 0 Å². The van der Waals surface area contributed by atoms with Crippen LogP contribution in [0.5, 0.6) is 0 Å². The minimum atomic E-state index is -0.793. The Balaban J connectivity index is -0.0000000834. The summed E-state index contributed by atoms with van der Waals surface area (Å²) >= 11 is 0. The number of nitrogens with two attached hydrogens (primary N) is 1. The molecule has 4 heteroatoms. The molecule has 114 valence electrons. The molecule has 0 aliphatic heterocycles. The Hall–Kier alpha value is -0.770. The van der Waals surface area contributed by atoms with E-state index in [4.69, 9.17) is 5.11 Å². The number of aliphatic hydroxyl groups excluding tert-OH is 1. The van der Waals surface area contributed by atoms with E-state index in [1.165, 1.54) is 25.7 Å². The Bertz CT molecular complexity index is 112. The number of rotatable bonds is 5. The lowest BCUT2D eigenvalue weighted by molar-refractivity contribution is 0.145. The molecule has 0 rings (SSSR count). The van der Waals surface area contributed by atoms with Crippen LogP contribution in [0.25, 0.3) is 0 Å². The molecular formula is C14H35NO3. The molecule has 3 N–H and O–H groups in total. The summed E-state index contributed by atoms with van der Waals surface area (Å²) in [7, 11) is 0. The van der Waals surface area contributed by atoms with Crippen LogP contribution in [0.2, 0.25) is 0 Å². The average Bonchev–Trinajstić information content (AvgIpc) is 2.41. The summed E-state index contributed by atoms with van der Waals surface area (Å²) in [5.74, 6) is 0. The lowest BCUT2D eigenvalue weighted by atomic mass is 10.4. The van der Waals surface area contributed by atoms with Gasteiger partial charge in [0.1, 0.15) is 0 Å². The van der Waals surface area contributed by atoms with Gasteiger partial charge in [0, 0.05) is 13.0 Å². The highest BCUT2D eigenvalue weighted by atomic mass is 16.5. The molecule has 0 atom stereocenters. The first kappa shape index (κ1) is 25.9. The van der Waals surface area contributed by atoms with E-state index in [2.05, 4.69) is 38.2 Å². The molecule has 0 fully saturated rings. The zero-order chi connectivity index (χ0) is 15.2. The largest absolute Gasteiger partial charge is 0.450 e. The molecule has 0 aliphatic rings. The standard InChI is InChI=1S/C4H9NO3.2C4H10.C2H6/c5-4(7)8-3-1-2-6;2*1-3-4-2;1-2/h6H,1-3H2,(H2,5,7);2*3-4H2,1-2H3;1-2H3. The number of aliphatic hydroxyl groups is 1. The molecular weight excluding hydrogens is 230 g/mol. The van der Waals surface area contributed by atoms with Gasteiger partial charge in [-0.2, -0.15) is 0 Å². The first-order valence-electron chi connectivity index (χ1n) is 7.13. The van der Waals surface area contributed by atoms with Crippen molar-refractivity contribution in [3.05, 3.63) is 0 Å². The average molecular weight is 265 g/mol. The fourth-order valence-electron chi connectivity index (χ4n) is 0.237. The van der Waals surface area contributed by atoms with Gasteiger partial charge in [0.05, 0.1) is 6.61 Å². The SMILES string of the molecule is CC.CCCC.CCCC.NC(=O)OCCCO. The molecule has 1 amide bonds. The number of hydrogen-bond donors (Lipinski definition) is 2. The summed E-state index contributed by atoms with van der Waals surface area (Å²) < 4.78 is 4.26. The maximum Gasteiger partial charge on any atom is 0.404 e. The third-order valence-electron chi connectivity index (χ3n) is 1.55. The quantitative estimate of drug-likeness (QED) is 0.735. The number of ether oxygens (including phenoxy) is 1. The maximum absolute atomic E-state index is 9.79. The first-order valence-corrected chi connectivity index (χ1v) is 7.13. The monoisotopic (exact) mass is 265 g/mol. The summed E-state index contributed by atoms with van der Waals surface area (Å²) in [6.07, 6.45) is 4.93. The van der Waals surface area contributed by atoms with Crippen molar-refractivity contribution in [1.29, 1.82) is 0 Å². The zero-order valence-corrected chi connectivity index (χ0v) is 13.3. The Morgan fingerprint density at radius 1 is 1.00 bits per heavy atom. The fourth-order valence-corrected chi connectivity index (χ4v) is 0.237. The van der Waals surface area contributed by atoms with Crippen molar-refractivity contribution < 1.29 is 14.6 Å². The molecule has 0 bridgehead atoms. The smallest absolute Gasteiger partial charge is 0.404 e. The molecule has 18 heavy (non-hydrogen) atoms. The van der Waals surface area contributed by atoms with Gasteiger partial charge in [-0.05, 0) is 0 Å². The van der Waals surface area contributed by atoms with Gasteiger partial charge >= 0.3 is 6.09 Å². The van der Waals surface area contributed by atoms with Crippen LogP contribution in [0.1, 0.15) is 73.6 Å². The minimum absolute atomic E-state index is 0.0211. The third kappa shape index (κ3) is 79.5. The van der Waals surface area contributed by atoms with Gasteiger partial charge in [-0.15, -0.1) is 0 Å². The summed E-state index contributed by atoms with van der Waals surface area (Å²) in [5.41, 5.74) is 4.59. The molecule has 0 unspecified atom stereocenters. The van der Waals surface area contributed by atoms with Crippen LogP contribution in [-0.2, 0) is 4.74 Å². The van der Waals surface area contributed by atoms with E-state index in [1.54, 1.807) is 0 Å². The predicted molar refractivity (Wildman–Crippen MR) is 79.8 cm³/mol. The van der Waals surface area contributed by atoms with Crippen molar-refractivity contribution in [1.82, 2.24) is 0 Å². The normalized spacial score (nSPS) is 7.50. The molecule has 0 aromatic carbocycles. The van der Waals surface area contributed by atoms with Crippen molar-refractivity contribution in [2.24, 2.45) is 5.73 Å². The second-order valence-corrected chi connectivity index (χ2v) is 3.24. The van der Waals surface area contributed by atoms with Crippen LogP contribution < -0.4 is 5.73 Å². The third-order valence-corrected chi connectivity index (χ3v) is 1.55. The highest BCUT2D eigenvalue weighted by molar-refractivity contribution is 5.64. The predicted octanol–water partition coefficient (Wildman–Crippen LogP) is 4.10. The number of carbonyl (C=O) groups excluding carboxylic acids is 1. The molecule has 0 spiro atoms. The highest BCUT2D eigenvalue weighted by Gasteiger charge is 1.89. The summed E-state index contributed by atoms with van der Waals surface area (Å²) in [6, 6.07) is 0. The highest BCUT2D eigenvalue weighted by Crippen LogP contribution is 1.78. The van der Waals surface area contributed by atoms with Crippen LogP contribution >= 0.6 is 0 Å². The zero-order valence-electron chi connectivity index (χ0n) is 13.3. The first-order chi connectivity index (χ1) is 8.60. The van der Waals surface area contributed by atoms with E-state index in [0.717, 1.165) is 0 Å². The Morgan fingerprint density at radius 2 is 1.33 bits per heavy atom. The van der Waals surface area contributed by atoms with Crippen LogP contribution in [0, 0.1) is 0 Å². The lowest BCUT2D eigenvalue weighted by Gasteiger charge is -1.95. The van der Waals surface area contributed by atoms with Crippen molar-refractivity contribution in [2.45, 2.75) is 73.6 Å². The van der Waals surface area contributed by atoms with Crippen LogP contribution in [0.3, 0.4) is 0 Å². The molecule has 0 saturated heterocycles. The van der Waals surface area contributed by atoms with E-state index in [0.29, 0.717) is 6.42 Å². The van der Waals surface area contributed by atoms with Gasteiger partial charge in [-0.1, -0.05) is 67.2 Å². The molecule has 0 aliphatic carbocycles. The van der Waals surface area contributed by atoms with Gasteiger partial charge in [0.25, 0.3) is 0 Å². The molecule has 4 nitrogen and oxygen atoms in total. The number of unbranched alkanes of at least 4 members (excludes halogenated alkanes) is 2. The number of carbonyl (C=O) groups is 1. The molecule has 0 aromatic rings. The Labute approximate surface area is 114 Å². The molecule has 0 radical (unpaired) electrons. The topological polar surface area (TPSA) is 72.6 Å². The van der Waals surface area contributed by atoms with E-state index in [-0.39, 0.29) is 13.2 Å². The lowest BCUT2D eigenvalue weighted by Crippen LogP contribution is -2.14. The van der Waals surface area contributed by atoms with E-state index >= 15 is 0 Å². The number of amides is 1. The summed E-state index contributed by atoms with van der Waals surface area (Å²) in [5, 5.41) is 8.15. The fraction of sp³-hybridized carbons (Fsp3) is 0.929. The van der Waals surface area contributed by atoms with Crippen LogP contribution in [-0.4, -0.2) is 24.4 Å². The van der Waals surface area contributed by atoms with Gasteiger partial charge in [0.2, 0.25) is 0 Å². The molecule has 0 saturated carbocycles. The van der Waals surface area contributed by atoms with Crippen molar-refractivity contribution in [3.8, 4) is 0 Å². The summed E-state index contributed by atoms with van der Waals surface area (Å²) in [6.45, 7) is 12.9. The maximum atomic E-state index is 9.79. The number of hydrogen-bond acceptors (Lipinski definition) is 3. The summed E-state index contributed by atoms with van der Waals surface area (Å²) in [4.78, 5) is 9.79. The Morgan fingerprint density at radius 3 is 1.50 bits per heavy atom. The molecule has 0 aromatic heterocycles. The van der Waals surface area contributed by atoms with Gasteiger partial charge < -0.3 is 15.6 Å². The second-order valence-electron chi connectivity index (χ2n) is 3.24. The molecule has 0 heterocycles.